The maximum atomic E-state index is 13.1. The molecule has 2 aromatic rings. The fraction of sp³-hybridized carbons (Fsp3) is 0.552. The predicted molar refractivity (Wildman–Crippen MR) is 150 cm³/mol. The zero-order chi connectivity index (χ0) is 30.7. The van der Waals surface area contributed by atoms with Crippen LogP contribution in [0.3, 0.4) is 0 Å². The molecule has 1 atom stereocenters. The highest BCUT2D eigenvalue weighted by Crippen LogP contribution is 2.36. The number of amides is 1. The normalized spacial score (nSPS) is 12.7. The van der Waals surface area contributed by atoms with Crippen LogP contribution in [0.1, 0.15) is 74.8 Å². The molecule has 4 nitrogen and oxygen atoms in total. The fourth-order valence-corrected chi connectivity index (χ4v) is 4.60. The first-order valence-corrected chi connectivity index (χ1v) is 13.9. The monoisotopic (exact) mass is 640 g/mol. The van der Waals surface area contributed by atoms with Crippen LogP contribution >= 0.6 is 15.9 Å². The highest BCUT2D eigenvalue weighted by atomic mass is 79.9. The summed E-state index contributed by atoms with van der Waals surface area (Å²) in [7, 11) is 1.70. The minimum atomic E-state index is -4.87. The molecule has 0 aromatic heterocycles. The van der Waals surface area contributed by atoms with E-state index in [1.54, 1.807) is 18.9 Å². The average molecular weight is 642 g/mol. The zero-order valence-corrected chi connectivity index (χ0v) is 25.4. The molecule has 0 heterocycles. The van der Waals surface area contributed by atoms with Gasteiger partial charge in [0.15, 0.2) is 0 Å². The quantitative estimate of drug-likeness (QED) is 0.186. The van der Waals surface area contributed by atoms with Crippen molar-refractivity contribution in [3.63, 3.8) is 0 Å². The molecule has 0 radical (unpaired) electrons. The summed E-state index contributed by atoms with van der Waals surface area (Å²) in [6.45, 7) is 10.1. The molecule has 1 unspecified atom stereocenters. The van der Waals surface area contributed by atoms with E-state index in [-0.39, 0.29) is 24.2 Å². The molecule has 2 aromatic carbocycles. The number of nitrogens with one attached hydrogen (secondary N) is 1. The number of hydrogen-bond acceptors (Lipinski definition) is 3. The molecule has 0 aliphatic rings. The van der Waals surface area contributed by atoms with Gasteiger partial charge in [0.2, 0.25) is 6.41 Å². The molecular formula is C29H39BrF6N2O2. The topological polar surface area (TPSA) is 41.6 Å². The van der Waals surface area contributed by atoms with Crippen molar-refractivity contribution in [3.8, 4) is 0 Å². The Morgan fingerprint density at radius 2 is 1.55 bits per heavy atom. The van der Waals surface area contributed by atoms with Crippen molar-refractivity contribution < 1.29 is 35.9 Å². The number of aryl methyl sites for hydroxylation is 2. The summed E-state index contributed by atoms with van der Waals surface area (Å²) < 4.78 is 84.0. The predicted octanol–water partition coefficient (Wildman–Crippen LogP) is 8.71. The minimum Gasteiger partial charge on any atom is -0.382 e. The summed E-state index contributed by atoms with van der Waals surface area (Å²) >= 11 is 3.49. The van der Waals surface area contributed by atoms with E-state index in [0.717, 1.165) is 52.7 Å². The molecule has 0 saturated heterocycles. The van der Waals surface area contributed by atoms with Crippen molar-refractivity contribution >= 4 is 28.0 Å². The number of carbonyl (C=O) groups excluding carboxylic acids is 1. The largest absolute Gasteiger partial charge is 0.416 e. The average Bonchev–Trinajstić information content (AvgIpc) is 2.85. The van der Waals surface area contributed by atoms with Crippen molar-refractivity contribution in [1.82, 2.24) is 5.32 Å². The molecule has 2 rings (SSSR count). The third-order valence-corrected chi connectivity index (χ3v) is 6.55. The number of alkyl halides is 6. The van der Waals surface area contributed by atoms with Gasteiger partial charge in [-0.3, -0.25) is 4.79 Å². The first-order valence-electron chi connectivity index (χ1n) is 13.1. The summed E-state index contributed by atoms with van der Waals surface area (Å²) in [5, 5.41) is 2.99. The molecular weight excluding hydrogens is 602 g/mol. The molecule has 40 heavy (non-hydrogen) atoms. The van der Waals surface area contributed by atoms with E-state index in [9.17, 15) is 31.1 Å². The van der Waals surface area contributed by atoms with Crippen LogP contribution in [0.15, 0.2) is 34.8 Å². The Morgan fingerprint density at radius 3 is 2.00 bits per heavy atom. The number of hydrogen-bond donors (Lipinski definition) is 1. The van der Waals surface area contributed by atoms with Crippen molar-refractivity contribution in [2.75, 3.05) is 18.6 Å². The van der Waals surface area contributed by atoms with Crippen LogP contribution in [0.2, 0.25) is 0 Å². The maximum Gasteiger partial charge on any atom is 0.416 e. The van der Waals surface area contributed by atoms with Gasteiger partial charge in [-0.25, -0.2) is 0 Å². The number of ether oxygens (including phenoxy) is 1. The second kappa shape index (κ2) is 16.4. The van der Waals surface area contributed by atoms with Crippen molar-refractivity contribution in [2.24, 2.45) is 0 Å². The molecule has 11 heteroatoms. The van der Waals surface area contributed by atoms with Crippen molar-refractivity contribution in [3.05, 3.63) is 62.6 Å². The molecule has 1 N–H and O–H groups in total. The van der Waals surface area contributed by atoms with E-state index in [2.05, 4.69) is 28.2 Å². The minimum absolute atomic E-state index is 0.0942. The number of halogens is 7. The van der Waals surface area contributed by atoms with Gasteiger partial charge in [-0.1, -0.05) is 29.3 Å². The van der Waals surface area contributed by atoms with Gasteiger partial charge in [0, 0.05) is 36.4 Å². The summed E-state index contributed by atoms with van der Waals surface area (Å²) in [5.74, 6) is 0. The van der Waals surface area contributed by atoms with E-state index in [1.165, 1.54) is 0 Å². The molecule has 0 aliphatic carbocycles. The van der Waals surface area contributed by atoms with Crippen LogP contribution in [0.5, 0.6) is 0 Å². The Morgan fingerprint density at radius 1 is 1.00 bits per heavy atom. The third-order valence-electron chi connectivity index (χ3n) is 6.09. The number of rotatable bonds is 12. The lowest BCUT2D eigenvalue weighted by atomic mass is 10.0. The van der Waals surface area contributed by atoms with Crippen LogP contribution in [-0.2, 0) is 34.8 Å². The van der Waals surface area contributed by atoms with Gasteiger partial charge in [0.1, 0.15) is 0 Å². The zero-order valence-electron chi connectivity index (χ0n) is 23.8. The lowest BCUT2D eigenvalue weighted by Gasteiger charge is -2.24. The van der Waals surface area contributed by atoms with Crippen LogP contribution in [0, 0.1) is 6.92 Å². The Hall–Kier alpha value is -2.11. The maximum absolute atomic E-state index is 13.1. The summed E-state index contributed by atoms with van der Waals surface area (Å²) in [4.78, 5) is 13.5. The smallest absolute Gasteiger partial charge is 0.382 e. The van der Waals surface area contributed by atoms with Gasteiger partial charge in [0.25, 0.3) is 0 Å². The standard InChI is InChI=1S/C25H29BrF6N2O.C4H10O/c1-4-6-19-12-22(26)9-16(2)23(19)34(15-35)8-5-7-17(3)33-14-18-10-20(24(27,28)29)13-21(11-18)25(30,31)32;1-4(2)5-3/h9-13,15,17,33H,4-8,14H2,1-3H3;4H,1-3H3. The third kappa shape index (κ3) is 12.2. The first-order chi connectivity index (χ1) is 18.5. The Labute approximate surface area is 241 Å². The van der Waals surface area contributed by atoms with Crippen molar-refractivity contribution in [2.45, 2.75) is 91.3 Å². The van der Waals surface area contributed by atoms with E-state index < -0.39 is 23.5 Å². The lowest BCUT2D eigenvalue weighted by Crippen LogP contribution is -2.29. The highest BCUT2D eigenvalue weighted by Gasteiger charge is 2.36. The summed E-state index contributed by atoms with van der Waals surface area (Å²) in [6, 6.07) is 5.34. The molecule has 1 amide bonds. The summed E-state index contributed by atoms with van der Waals surface area (Å²) in [6.07, 6.45) is -5.66. The van der Waals surface area contributed by atoms with Crippen LogP contribution in [0.25, 0.3) is 0 Å². The molecule has 0 fully saturated rings. The molecule has 226 valence electrons. The number of anilines is 1. The van der Waals surface area contributed by atoms with E-state index >= 15 is 0 Å². The van der Waals surface area contributed by atoms with Gasteiger partial charge < -0.3 is 15.0 Å². The Kier molecular flexibility index (Phi) is 14.7. The van der Waals surface area contributed by atoms with E-state index in [4.69, 9.17) is 4.74 Å². The van der Waals surface area contributed by atoms with E-state index in [0.29, 0.717) is 25.5 Å². The van der Waals surface area contributed by atoms with Gasteiger partial charge in [-0.05, 0) is 94.0 Å². The molecule has 0 saturated carbocycles. The number of methoxy groups -OCH3 is 1. The van der Waals surface area contributed by atoms with Gasteiger partial charge >= 0.3 is 12.4 Å². The van der Waals surface area contributed by atoms with Crippen LogP contribution in [-0.4, -0.2) is 32.2 Å². The number of carbonyl (C=O) groups is 1. The molecule has 0 bridgehead atoms. The SMILES string of the molecule is CCCc1cc(Br)cc(C)c1N(C=O)CCCC(C)NCc1cc(C(F)(F)F)cc(C(F)(F)F)c1.COC(C)C. The fourth-order valence-electron chi connectivity index (χ4n) is 3.98. The van der Waals surface area contributed by atoms with Gasteiger partial charge in [0.05, 0.1) is 17.2 Å². The van der Waals surface area contributed by atoms with Gasteiger partial charge in [-0.2, -0.15) is 26.3 Å². The highest BCUT2D eigenvalue weighted by molar-refractivity contribution is 9.10. The van der Waals surface area contributed by atoms with E-state index in [1.807, 2.05) is 32.9 Å². The summed E-state index contributed by atoms with van der Waals surface area (Å²) in [5.41, 5.74) is 0.142. The molecule has 0 spiro atoms. The first kappa shape index (κ1) is 35.9. The van der Waals surface area contributed by atoms with Crippen LogP contribution in [0.4, 0.5) is 32.0 Å². The Balaban J connectivity index is 0.00000146. The van der Waals surface area contributed by atoms with Crippen molar-refractivity contribution in [1.29, 1.82) is 0 Å². The Bertz CT molecular complexity index is 1040. The molecule has 0 aliphatic heterocycles. The van der Waals surface area contributed by atoms with Crippen LogP contribution < -0.4 is 10.2 Å². The number of benzene rings is 2. The second-order valence-corrected chi connectivity index (χ2v) is 10.8. The number of nitrogens with zero attached hydrogens (tertiary/aromatic N) is 1. The second-order valence-electron chi connectivity index (χ2n) is 9.90. The van der Waals surface area contributed by atoms with Gasteiger partial charge in [-0.15, -0.1) is 0 Å². The lowest BCUT2D eigenvalue weighted by molar-refractivity contribution is -0.143.